The SMILES string of the molecule is CC1CCC(c2ccco2)N2CC3(CCC12)CC1(CCC2C(C)CCC(c4ccco4)N2C1O)CS3. The summed E-state index contributed by atoms with van der Waals surface area (Å²) in [5, 5.41) is 12.2. The smallest absolute Gasteiger partial charge is 0.120 e. The van der Waals surface area contributed by atoms with Crippen molar-refractivity contribution in [2.75, 3.05) is 12.3 Å². The number of hydrogen-bond donors (Lipinski definition) is 1. The molecule has 9 atom stereocenters. The van der Waals surface area contributed by atoms with Gasteiger partial charge in [0, 0.05) is 34.5 Å². The highest BCUT2D eigenvalue weighted by molar-refractivity contribution is 8.01. The van der Waals surface area contributed by atoms with Crippen LogP contribution in [0.4, 0.5) is 0 Å². The second-order valence-electron chi connectivity index (χ2n) is 12.9. The maximum atomic E-state index is 12.2. The molecule has 7 rings (SSSR count). The van der Waals surface area contributed by atoms with E-state index in [0.29, 0.717) is 24.0 Å². The minimum absolute atomic E-state index is 0.0164. The molecule has 36 heavy (non-hydrogen) atoms. The van der Waals surface area contributed by atoms with Gasteiger partial charge in [-0.25, -0.2) is 0 Å². The van der Waals surface area contributed by atoms with Crippen LogP contribution in [0.3, 0.4) is 0 Å². The standard InChI is InChI=1S/C30H42N2O3S/c1-20-7-9-24(26-5-3-15-34-26)31-18-30(14-12-22(20)31)17-29(19-36-30)13-11-23-21(2)8-10-25(32(23)28(29)33)27-6-4-16-35-27/h3-6,15-16,20-25,28,33H,7-14,17-19H2,1-2H3. The molecule has 5 aliphatic heterocycles. The predicted octanol–water partition coefficient (Wildman–Crippen LogP) is 6.62. The quantitative estimate of drug-likeness (QED) is 0.490. The van der Waals surface area contributed by atoms with Crippen LogP contribution < -0.4 is 0 Å². The molecule has 9 unspecified atom stereocenters. The summed E-state index contributed by atoms with van der Waals surface area (Å²) in [6.07, 6.45) is 14.1. The van der Waals surface area contributed by atoms with Crippen molar-refractivity contribution in [3.8, 4) is 0 Å². The normalized spacial score (nSPS) is 45.7. The molecule has 2 aromatic rings. The summed E-state index contributed by atoms with van der Waals surface area (Å²) in [6.45, 7) is 5.97. The number of aliphatic hydroxyl groups excluding tert-OH is 1. The van der Waals surface area contributed by atoms with Crippen LogP contribution in [0, 0.1) is 17.3 Å². The van der Waals surface area contributed by atoms with E-state index in [1.54, 1.807) is 6.26 Å². The Morgan fingerprint density at radius 3 is 2.25 bits per heavy atom. The van der Waals surface area contributed by atoms with Crippen molar-refractivity contribution in [3.05, 3.63) is 48.3 Å². The fourth-order valence-corrected chi connectivity index (χ4v) is 10.9. The summed E-state index contributed by atoms with van der Waals surface area (Å²) in [5.41, 5.74) is -0.0164. The molecule has 6 heteroatoms. The second-order valence-corrected chi connectivity index (χ2v) is 14.3. The van der Waals surface area contributed by atoms with Crippen molar-refractivity contribution in [1.29, 1.82) is 0 Å². The van der Waals surface area contributed by atoms with Crippen LogP contribution >= 0.6 is 11.8 Å². The number of hydrogen-bond acceptors (Lipinski definition) is 6. The van der Waals surface area contributed by atoms with Gasteiger partial charge < -0.3 is 13.9 Å². The van der Waals surface area contributed by atoms with E-state index in [-0.39, 0.29) is 22.4 Å². The number of aliphatic hydroxyl groups is 1. The van der Waals surface area contributed by atoms with Crippen molar-refractivity contribution in [2.45, 2.75) is 107 Å². The van der Waals surface area contributed by atoms with E-state index in [2.05, 4.69) is 47.5 Å². The summed E-state index contributed by atoms with van der Waals surface area (Å²) < 4.78 is 12.1. The molecule has 0 amide bonds. The molecule has 2 aromatic heterocycles. The highest BCUT2D eigenvalue weighted by atomic mass is 32.2. The maximum absolute atomic E-state index is 12.2. The molecule has 196 valence electrons. The molecule has 2 spiro atoms. The van der Waals surface area contributed by atoms with E-state index in [9.17, 15) is 5.11 Å². The van der Waals surface area contributed by atoms with Crippen molar-refractivity contribution < 1.29 is 13.9 Å². The second kappa shape index (κ2) is 8.93. The fourth-order valence-electron chi connectivity index (χ4n) is 8.98. The van der Waals surface area contributed by atoms with Gasteiger partial charge in [0.05, 0.1) is 24.6 Å². The Kier molecular flexibility index (Phi) is 5.92. The van der Waals surface area contributed by atoms with Gasteiger partial charge in [0.2, 0.25) is 0 Å². The predicted molar refractivity (Wildman–Crippen MR) is 143 cm³/mol. The summed E-state index contributed by atoms with van der Waals surface area (Å²) in [7, 11) is 0. The average molecular weight is 511 g/mol. The van der Waals surface area contributed by atoms with E-state index in [1.807, 2.05) is 18.4 Å². The van der Waals surface area contributed by atoms with Crippen LogP contribution in [-0.2, 0) is 0 Å². The highest BCUT2D eigenvalue weighted by Gasteiger charge is 2.60. The van der Waals surface area contributed by atoms with Gasteiger partial charge in [0.1, 0.15) is 17.7 Å². The van der Waals surface area contributed by atoms with E-state index in [0.717, 1.165) is 49.0 Å². The Morgan fingerprint density at radius 2 is 1.53 bits per heavy atom. The number of fused-ring (bicyclic) bond motifs is 2. The van der Waals surface area contributed by atoms with Gasteiger partial charge in [-0.15, -0.1) is 0 Å². The van der Waals surface area contributed by atoms with Gasteiger partial charge >= 0.3 is 0 Å². The lowest BCUT2D eigenvalue weighted by molar-refractivity contribution is -0.184. The van der Waals surface area contributed by atoms with Gasteiger partial charge in [-0.05, 0) is 93.9 Å². The third kappa shape index (κ3) is 3.69. The van der Waals surface area contributed by atoms with Gasteiger partial charge in [-0.3, -0.25) is 9.80 Å². The molecule has 0 saturated carbocycles. The van der Waals surface area contributed by atoms with Crippen LogP contribution in [-0.4, -0.2) is 50.3 Å². The van der Waals surface area contributed by atoms with Gasteiger partial charge in [0.25, 0.3) is 0 Å². The molecule has 5 saturated heterocycles. The van der Waals surface area contributed by atoms with Crippen LogP contribution in [0.2, 0.25) is 0 Å². The minimum atomic E-state index is -0.389. The first-order valence-electron chi connectivity index (χ1n) is 14.4. The van der Waals surface area contributed by atoms with Crippen LogP contribution in [0.1, 0.15) is 95.2 Å². The van der Waals surface area contributed by atoms with Crippen LogP contribution in [0.15, 0.2) is 45.6 Å². The third-order valence-electron chi connectivity index (χ3n) is 10.9. The number of furan rings is 2. The number of piperidine rings is 4. The van der Waals surface area contributed by atoms with Gasteiger partial charge in [-0.1, -0.05) is 13.8 Å². The molecule has 0 radical (unpaired) electrons. The largest absolute Gasteiger partial charge is 0.468 e. The first-order chi connectivity index (χ1) is 17.5. The average Bonchev–Trinajstić information content (AvgIpc) is 3.65. The zero-order chi connectivity index (χ0) is 24.5. The number of rotatable bonds is 2. The zero-order valence-electron chi connectivity index (χ0n) is 21.9. The Balaban J connectivity index is 1.16. The minimum Gasteiger partial charge on any atom is -0.468 e. The molecule has 1 N–H and O–H groups in total. The van der Waals surface area contributed by atoms with E-state index < -0.39 is 0 Å². The first-order valence-corrected chi connectivity index (χ1v) is 15.4. The van der Waals surface area contributed by atoms with Crippen molar-refractivity contribution in [1.82, 2.24) is 9.80 Å². The molecule has 0 aromatic carbocycles. The van der Waals surface area contributed by atoms with Crippen molar-refractivity contribution >= 4 is 11.8 Å². The van der Waals surface area contributed by atoms with Crippen LogP contribution in [0.25, 0.3) is 0 Å². The molecule has 7 heterocycles. The lowest BCUT2D eigenvalue weighted by Crippen LogP contribution is -2.62. The number of nitrogens with zero attached hydrogens (tertiary/aromatic N) is 2. The zero-order valence-corrected chi connectivity index (χ0v) is 22.7. The topological polar surface area (TPSA) is 53.0 Å². The lowest BCUT2D eigenvalue weighted by atomic mass is 9.66. The molecule has 5 aliphatic rings. The molecule has 5 nitrogen and oxygen atoms in total. The highest BCUT2D eigenvalue weighted by Crippen LogP contribution is 2.62. The monoisotopic (exact) mass is 510 g/mol. The summed E-state index contributed by atoms with van der Waals surface area (Å²) in [5.74, 6) is 4.64. The van der Waals surface area contributed by atoms with Crippen molar-refractivity contribution in [3.63, 3.8) is 0 Å². The van der Waals surface area contributed by atoms with Gasteiger partial charge in [-0.2, -0.15) is 11.8 Å². The fraction of sp³-hybridized carbons (Fsp3) is 0.733. The molecule has 5 fully saturated rings. The van der Waals surface area contributed by atoms with E-state index in [1.165, 1.54) is 38.5 Å². The number of thioether (sulfide) groups is 1. The van der Waals surface area contributed by atoms with Gasteiger partial charge in [0.15, 0.2) is 0 Å². The van der Waals surface area contributed by atoms with Crippen LogP contribution in [0.5, 0.6) is 0 Å². The maximum Gasteiger partial charge on any atom is 0.120 e. The lowest BCUT2D eigenvalue weighted by Gasteiger charge is -2.57. The molecular formula is C30H42N2O3S. The molecular weight excluding hydrogens is 468 g/mol. The summed E-state index contributed by atoms with van der Waals surface area (Å²) >= 11 is 2.19. The Morgan fingerprint density at radius 1 is 0.861 bits per heavy atom. The third-order valence-corrected chi connectivity index (χ3v) is 12.7. The first kappa shape index (κ1) is 23.9. The Bertz CT molecular complexity index is 1040. The van der Waals surface area contributed by atoms with Crippen molar-refractivity contribution in [2.24, 2.45) is 17.3 Å². The molecule has 0 bridgehead atoms. The van der Waals surface area contributed by atoms with E-state index in [4.69, 9.17) is 8.83 Å². The summed E-state index contributed by atoms with van der Waals surface area (Å²) in [4.78, 5) is 5.31. The Hall–Kier alpha value is -1.21. The Labute approximate surface area is 220 Å². The molecule has 0 aliphatic carbocycles. The van der Waals surface area contributed by atoms with E-state index >= 15 is 0 Å². The summed E-state index contributed by atoms with van der Waals surface area (Å²) in [6, 6.07) is 10.1.